The highest BCUT2D eigenvalue weighted by atomic mass is 35.5. The van der Waals surface area contributed by atoms with Crippen molar-refractivity contribution in [2.24, 2.45) is 12.5 Å². The van der Waals surface area contributed by atoms with E-state index in [1.165, 1.54) is 17.6 Å². The Kier molecular flexibility index (Phi) is 3.62. The minimum atomic E-state index is 0.211. The third kappa shape index (κ3) is 3.60. The summed E-state index contributed by atoms with van der Waals surface area (Å²) in [4.78, 5) is 0. The minimum absolute atomic E-state index is 0.211. The Labute approximate surface area is 109 Å². The Morgan fingerprint density at radius 1 is 1.47 bits per heavy atom. The molecule has 0 saturated heterocycles. The van der Waals surface area contributed by atoms with Gasteiger partial charge in [-0.3, -0.25) is 4.68 Å². The highest BCUT2D eigenvalue weighted by Crippen LogP contribution is 2.38. The molecule has 94 valence electrons. The number of allylic oxidation sites excluding steroid dienone is 2. The van der Waals surface area contributed by atoms with Gasteiger partial charge in [0.15, 0.2) is 0 Å². The van der Waals surface area contributed by atoms with Gasteiger partial charge in [-0.15, -0.1) is 11.6 Å². The Hall–Kier alpha value is -0.760. The van der Waals surface area contributed by atoms with Crippen molar-refractivity contribution < 1.29 is 0 Å². The van der Waals surface area contributed by atoms with Crippen molar-refractivity contribution in [1.29, 1.82) is 0 Å². The Balaban J connectivity index is 1.95. The molecule has 0 radical (unpaired) electrons. The minimum Gasteiger partial charge on any atom is -0.276 e. The number of aromatic nitrogens is 2. The molecule has 1 aliphatic carbocycles. The molecule has 2 nitrogen and oxygen atoms in total. The lowest BCUT2D eigenvalue weighted by molar-refractivity contribution is 0.318. The van der Waals surface area contributed by atoms with Gasteiger partial charge in [0.2, 0.25) is 0 Å². The topological polar surface area (TPSA) is 17.8 Å². The highest BCUT2D eigenvalue weighted by molar-refractivity contribution is 6.21. The molecule has 0 aliphatic heterocycles. The fourth-order valence-corrected chi connectivity index (χ4v) is 3.26. The molecule has 0 bridgehead atoms. The molecule has 1 unspecified atom stereocenters. The maximum atomic E-state index is 6.29. The van der Waals surface area contributed by atoms with Gasteiger partial charge >= 0.3 is 0 Å². The quantitative estimate of drug-likeness (QED) is 0.592. The van der Waals surface area contributed by atoms with Crippen LogP contribution in [0.25, 0.3) is 0 Å². The van der Waals surface area contributed by atoms with E-state index < -0.39 is 0 Å². The van der Waals surface area contributed by atoms with Gasteiger partial charge in [-0.05, 0) is 36.7 Å². The molecule has 17 heavy (non-hydrogen) atoms. The van der Waals surface area contributed by atoms with Gasteiger partial charge in [0, 0.05) is 13.2 Å². The van der Waals surface area contributed by atoms with Gasteiger partial charge in [-0.1, -0.05) is 25.5 Å². The zero-order valence-electron chi connectivity index (χ0n) is 10.9. The molecule has 0 N–H and O–H groups in total. The lowest BCUT2D eigenvalue weighted by Crippen LogP contribution is -2.22. The van der Waals surface area contributed by atoms with Crippen LogP contribution in [0.5, 0.6) is 0 Å². The average Bonchev–Trinajstić information content (AvgIpc) is 2.58. The van der Waals surface area contributed by atoms with Gasteiger partial charge < -0.3 is 0 Å². The first-order chi connectivity index (χ1) is 7.94. The van der Waals surface area contributed by atoms with E-state index in [4.69, 9.17) is 11.6 Å². The molecule has 0 saturated carbocycles. The van der Waals surface area contributed by atoms with Gasteiger partial charge in [0.1, 0.15) is 0 Å². The van der Waals surface area contributed by atoms with Crippen LogP contribution >= 0.6 is 11.6 Å². The summed E-state index contributed by atoms with van der Waals surface area (Å²) in [6, 6.07) is 0. The normalized spacial score (nSPS) is 23.5. The third-order valence-electron chi connectivity index (χ3n) is 3.36. The Bertz CT molecular complexity index is 418. The molecule has 1 aliphatic rings. The number of aryl methyl sites for hydroxylation is 2. The van der Waals surface area contributed by atoms with E-state index in [0.717, 1.165) is 19.3 Å². The third-order valence-corrected chi connectivity index (χ3v) is 3.64. The smallest absolute Gasteiger partial charge is 0.0523 e. The van der Waals surface area contributed by atoms with Crippen molar-refractivity contribution in [3.8, 4) is 0 Å². The van der Waals surface area contributed by atoms with Crippen LogP contribution in [0.1, 0.15) is 38.7 Å². The predicted molar refractivity (Wildman–Crippen MR) is 72.3 cm³/mol. The summed E-state index contributed by atoms with van der Waals surface area (Å²) in [7, 11) is 1.96. The summed E-state index contributed by atoms with van der Waals surface area (Å²) in [5.74, 6) is 0. The van der Waals surface area contributed by atoms with Crippen LogP contribution in [0.3, 0.4) is 0 Å². The Morgan fingerprint density at radius 3 is 2.82 bits per heavy atom. The van der Waals surface area contributed by atoms with Gasteiger partial charge in [-0.2, -0.15) is 5.10 Å². The second-order valence-electron chi connectivity index (χ2n) is 5.91. The van der Waals surface area contributed by atoms with Crippen molar-refractivity contribution in [1.82, 2.24) is 9.78 Å². The summed E-state index contributed by atoms with van der Waals surface area (Å²) in [6.07, 6.45) is 10.7. The highest BCUT2D eigenvalue weighted by Gasteiger charge is 2.27. The Morgan fingerprint density at radius 2 is 2.24 bits per heavy atom. The van der Waals surface area contributed by atoms with Crippen molar-refractivity contribution >= 4 is 11.6 Å². The largest absolute Gasteiger partial charge is 0.276 e. The van der Waals surface area contributed by atoms with Crippen molar-refractivity contribution in [3.63, 3.8) is 0 Å². The van der Waals surface area contributed by atoms with Crippen LogP contribution in [0.4, 0.5) is 0 Å². The van der Waals surface area contributed by atoms with Crippen LogP contribution in [0, 0.1) is 5.41 Å². The monoisotopic (exact) mass is 252 g/mol. The summed E-state index contributed by atoms with van der Waals surface area (Å²) >= 11 is 6.29. The number of hydrogen-bond donors (Lipinski definition) is 0. The van der Waals surface area contributed by atoms with Gasteiger partial charge in [0.25, 0.3) is 0 Å². The fourth-order valence-electron chi connectivity index (χ4n) is 2.67. The molecule has 2 rings (SSSR count). The predicted octanol–water partition coefficient (Wildman–Crippen LogP) is 3.71. The molecule has 3 heteroatoms. The first kappa shape index (κ1) is 12.7. The van der Waals surface area contributed by atoms with Crippen LogP contribution < -0.4 is 0 Å². The molecule has 1 heterocycles. The lowest BCUT2D eigenvalue weighted by Gasteiger charge is -2.32. The summed E-state index contributed by atoms with van der Waals surface area (Å²) < 4.78 is 1.86. The van der Waals surface area contributed by atoms with Gasteiger partial charge in [-0.25, -0.2) is 0 Å². The zero-order valence-corrected chi connectivity index (χ0v) is 11.7. The maximum absolute atomic E-state index is 6.29. The number of rotatable bonds is 3. The second kappa shape index (κ2) is 4.85. The van der Waals surface area contributed by atoms with Crippen LogP contribution in [0.2, 0.25) is 0 Å². The van der Waals surface area contributed by atoms with Crippen molar-refractivity contribution in [2.75, 3.05) is 0 Å². The molecule has 0 fully saturated rings. The average molecular weight is 253 g/mol. The number of halogens is 1. The number of alkyl halides is 1. The summed E-state index contributed by atoms with van der Waals surface area (Å²) in [5, 5.41) is 4.41. The van der Waals surface area contributed by atoms with E-state index in [0.29, 0.717) is 5.41 Å². The molecule has 0 spiro atoms. The number of hydrogen-bond acceptors (Lipinski definition) is 1. The summed E-state index contributed by atoms with van der Waals surface area (Å²) in [5.41, 5.74) is 3.17. The second-order valence-corrected chi connectivity index (χ2v) is 6.47. The maximum Gasteiger partial charge on any atom is 0.0523 e. The molecule has 1 aromatic heterocycles. The van der Waals surface area contributed by atoms with Crippen LogP contribution in [-0.4, -0.2) is 15.2 Å². The van der Waals surface area contributed by atoms with Crippen molar-refractivity contribution in [3.05, 3.63) is 29.6 Å². The molecule has 1 atom stereocenters. The first-order valence-corrected chi connectivity index (χ1v) is 6.69. The molecule has 1 aromatic rings. The first-order valence-electron chi connectivity index (χ1n) is 6.26. The SMILES string of the molecule is Cn1cc(CCC2=CC(Cl)CC(C)(C)C2)cn1. The standard InChI is InChI=1S/C14H21ClN2/c1-14(2)7-11(6-13(15)8-14)4-5-12-9-16-17(3)10-12/h6,9-10,13H,4-5,7-8H2,1-3H3. The van der Waals surface area contributed by atoms with E-state index in [1.807, 2.05) is 17.9 Å². The summed E-state index contributed by atoms with van der Waals surface area (Å²) in [6.45, 7) is 4.61. The van der Waals surface area contributed by atoms with Crippen LogP contribution in [0.15, 0.2) is 24.0 Å². The van der Waals surface area contributed by atoms with E-state index in [1.54, 1.807) is 0 Å². The van der Waals surface area contributed by atoms with E-state index in [2.05, 4.69) is 31.2 Å². The molecule has 0 aromatic carbocycles. The lowest BCUT2D eigenvalue weighted by atomic mass is 9.76. The van der Waals surface area contributed by atoms with E-state index >= 15 is 0 Å². The molecular weight excluding hydrogens is 232 g/mol. The van der Waals surface area contributed by atoms with Gasteiger partial charge in [0.05, 0.1) is 11.6 Å². The molecule has 0 amide bonds. The zero-order chi connectivity index (χ0) is 12.5. The fraction of sp³-hybridized carbons (Fsp3) is 0.643. The van der Waals surface area contributed by atoms with Crippen LogP contribution in [-0.2, 0) is 13.5 Å². The molecular formula is C14H21ClN2. The van der Waals surface area contributed by atoms with E-state index in [9.17, 15) is 0 Å². The number of nitrogens with zero attached hydrogens (tertiary/aromatic N) is 2. The van der Waals surface area contributed by atoms with E-state index in [-0.39, 0.29) is 5.38 Å². The van der Waals surface area contributed by atoms with Crippen molar-refractivity contribution in [2.45, 2.75) is 44.9 Å².